The first-order valence-electron chi connectivity index (χ1n) is 5.86. The molecule has 2 heteroatoms. The molecular weight excluding hydrogens is 184 g/mol. The summed E-state index contributed by atoms with van der Waals surface area (Å²) in [5.74, 6) is 0. The van der Waals surface area contributed by atoms with Crippen molar-refractivity contribution in [2.24, 2.45) is 5.73 Å². The SMILES string of the molecule is CC(N)CCCN1CCc2ccccc21. The molecule has 0 spiro atoms. The van der Waals surface area contributed by atoms with Crippen molar-refractivity contribution < 1.29 is 0 Å². The lowest BCUT2D eigenvalue weighted by atomic mass is 10.1. The fourth-order valence-corrected chi connectivity index (χ4v) is 2.24. The molecule has 1 atom stereocenters. The normalized spacial score (nSPS) is 16.5. The largest absolute Gasteiger partial charge is 0.371 e. The lowest BCUT2D eigenvalue weighted by Gasteiger charge is -2.19. The molecule has 1 aromatic rings. The molecule has 0 saturated carbocycles. The summed E-state index contributed by atoms with van der Waals surface area (Å²) in [4.78, 5) is 2.48. The Morgan fingerprint density at radius 1 is 1.40 bits per heavy atom. The molecule has 1 aliphatic rings. The highest BCUT2D eigenvalue weighted by molar-refractivity contribution is 5.57. The predicted molar refractivity (Wildman–Crippen MR) is 65.2 cm³/mol. The van der Waals surface area contributed by atoms with Gasteiger partial charge in [-0.15, -0.1) is 0 Å². The molecule has 2 nitrogen and oxygen atoms in total. The Morgan fingerprint density at radius 3 is 3.00 bits per heavy atom. The minimum Gasteiger partial charge on any atom is -0.371 e. The van der Waals surface area contributed by atoms with Crippen LogP contribution in [0.3, 0.4) is 0 Å². The second-order valence-electron chi connectivity index (χ2n) is 4.49. The summed E-state index contributed by atoms with van der Waals surface area (Å²) in [6, 6.07) is 9.06. The molecule has 0 aliphatic carbocycles. The van der Waals surface area contributed by atoms with Crippen molar-refractivity contribution in [3.63, 3.8) is 0 Å². The van der Waals surface area contributed by atoms with Gasteiger partial charge in [0.05, 0.1) is 0 Å². The lowest BCUT2D eigenvalue weighted by molar-refractivity contribution is 0.615. The monoisotopic (exact) mass is 204 g/mol. The molecule has 1 heterocycles. The van der Waals surface area contributed by atoms with Crippen LogP contribution in [0.5, 0.6) is 0 Å². The molecule has 82 valence electrons. The van der Waals surface area contributed by atoms with Gasteiger partial charge in [-0.25, -0.2) is 0 Å². The number of nitrogens with zero attached hydrogens (tertiary/aromatic N) is 1. The van der Waals surface area contributed by atoms with Gasteiger partial charge < -0.3 is 10.6 Å². The highest BCUT2D eigenvalue weighted by atomic mass is 15.1. The first-order valence-corrected chi connectivity index (χ1v) is 5.86. The van der Waals surface area contributed by atoms with Gasteiger partial charge in [0.15, 0.2) is 0 Å². The van der Waals surface area contributed by atoms with Crippen molar-refractivity contribution in [2.75, 3.05) is 18.0 Å². The van der Waals surface area contributed by atoms with Crippen LogP contribution in [0.4, 0.5) is 5.69 Å². The molecule has 0 radical (unpaired) electrons. The van der Waals surface area contributed by atoms with Gasteiger partial charge in [-0.1, -0.05) is 18.2 Å². The number of hydrogen-bond donors (Lipinski definition) is 1. The van der Waals surface area contributed by atoms with Gasteiger partial charge in [0.2, 0.25) is 0 Å². The Labute approximate surface area is 92.1 Å². The average molecular weight is 204 g/mol. The maximum Gasteiger partial charge on any atom is 0.0399 e. The summed E-state index contributed by atoms with van der Waals surface area (Å²) in [6.07, 6.45) is 3.53. The van der Waals surface area contributed by atoms with Crippen molar-refractivity contribution in [1.82, 2.24) is 0 Å². The van der Waals surface area contributed by atoms with Gasteiger partial charge in [0.1, 0.15) is 0 Å². The van der Waals surface area contributed by atoms with Gasteiger partial charge in [0.25, 0.3) is 0 Å². The van der Waals surface area contributed by atoms with E-state index in [2.05, 4.69) is 36.1 Å². The van der Waals surface area contributed by atoms with Crippen LogP contribution in [0.15, 0.2) is 24.3 Å². The van der Waals surface area contributed by atoms with Crippen molar-refractivity contribution in [3.05, 3.63) is 29.8 Å². The van der Waals surface area contributed by atoms with E-state index in [-0.39, 0.29) is 0 Å². The fourth-order valence-electron chi connectivity index (χ4n) is 2.24. The Balaban J connectivity index is 1.90. The summed E-state index contributed by atoms with van der Waals surface area (Å²) in [6.45, 7) is 4.41. The molecular formula is C13H20N2. The third-order valence-corrected chi connectivity index (χ3v) is 3.07. The molecule has 0 saturated heterocycles. The van der Waals surface area contributed by atoms with Crippen LogP contribution >= 0.6 is 0 Å². The molecule has 1 aromatic carbocycles. The zero-order chi connectivity index (χ0) is 10.7. The first kappa shape index (κ1) is 10.5. The van der Waals surface area contributed by atoms with Gasteiger partial charge in [-0.05, 0) is 37.8 Å². The number of nitrogens with two attached hydrogens (primary N) is 1. The molecule has 0 fully saturated rings. The molecule has 1 unspecified atom stereocenters. The topological polar surface area (TPSA) is 29.3 Å². The third-order valence-electron chi connectivity index (χ3n) is 3.07. The third kappa shape index (κ3) is 2.51. The fraction of sp³-hybridized carbons (Fsp3) is 0.538. The standard InChI is InChI=1S/C13H20N2/c1-11(14)5-4-9-15-10-8-12-6-2-3-7-13(12)15/h2-3,6-7,11H,4-5,8-10,14H2,1H3. The smallest absolute Gasteiger partial charge is 0.0399 e. The van der Waals surface area contributed by atoms with Crippen molar-refractivity contribution in [3.8, 4) is 0 Å². The zero-order valence-corrected chi connectivity index (χ0v) is 9.45. The number of rotatable bonds is 4. The van der Waals surface area contributed by atoms with E-state index in [9.17, 15) is 0 Å². The Kier molecular flexibility index (Phi) is 3.27. The van der Waals surface area contributed by atoms with E-state index in [1.165, 1.54) is 30.6 Å². The van der Waals surface area contributed by atoms with Crippen molar-refractivity contribution >= 4 is 5.69 Å². The quantitative estimate of drug-likeness (QED) is 0.814. The highest BCUT2D eigenvalue weighted by Crippen LogP contribution is 2.27. The van der Waals surface area contributed by atoms with Gasteiger partial charge in [0, 0.05) is 24.8 Å². The molecule has 0 aromatic heterocycles. The van der Waals surface area contributed by atoms with Crippen LogP contribution in [0.2, 0.25) is 0 Å². The second kappa shape index (κ2) is 4.67. The number of hydrogen-bond acceptors (Lipinski definition) is 2. The Morgan fingerprint density at radius 2 is 2.20 bits per heavy atom. The van der Waals surface area contributed by atoms with Crippen molar-refractivity contribution in [2.45, 2.75) is 32.2 Å². The summed E-state index contributed by atoms with van der Waals surface area (Å²) < 4.78 is 0. The number of anilines is 1. The summed E-state index contributed by atoms with van der Waals surface area (Å²) >= 11 is 0. The molecule has 15 heavy (non-hydrogen) atoms. The summed E-state index contributed by atoms with van der Waals surface area (Å²) in [7, 11) is 0. The minimum atomic E-state index is 0.336. The molecule has 2 rings (SSSR count). The van der Waals surface area contributed by atoms with Crippen LogP contribution in [0, 0.1) is 0 Å². The zero-order valence-electron chi connectivity index (χ0n) is 9.45. The van der Waals surface area contributed by atoms with Crippen LogP contribution in [-0.2, 0) is 6.42 Å². The van der Waals surface area contributed by atoms with Crippen LogP contribution in [0.25, 0.3) is 0 Å². The lowest BCUT2D eigenvalue weighted by Crippen LogP contribution is -2.24. The van der Waals surface area contributed by atoms with Gasteiger partial charge in [-0.2, -0.15) is 0 Å². The number of para-hydroxylation sites is 1. The van der Waals surface area contributed by atoms with Gasteiger partial charge >= 0.3 is 0 Å². The molecule has 1 aliphatic heterocycles. The molecule has 2 N–H and O–H groups in total. The van der Waals surface area contributed by atoms with E-state index in [0.717, 1.165) is 13.0 Å². The van der Waals surface area contributed by atoms with Crippen LogP contribution in [-0.4, -0.2) is 19.1 Å². The van der Waals surface area contributed by atoms with Gasteiger partial charge in [-0.3, -0.25) is 0 Å². The van der Waals surface area contributed by atoms with E-state index in [4.69, 9.17) is 5.73 Å². The molecule has 0 amide bonds. The van der Waals surface area contributed by atoms with Crippen LogP contribution < -0.4 is 10.6 Å². The average Bonchev–Trinajstić information content (AvgIpc) is 2.62. The van der Waals surface area contributed by atoms with E-state index < -0.39 is 0 Å². The maximum absolute atomic E-state index is 5.75. The maximum atomic E-state index is 5.75. The number of fused-ring (bicyclic) bond motifs is 1. The molecule has 0 bridgehead atoms. The summed E-state index contributed by atoms with van der Waals surface area (Å²) in [5.41, 5.74) is 8.68. The Bertz CT molecular complexity index is 320. The van der Waals surface area contributed by atoms with E-state index in [1.807, 2.05) is 0 Å². The van der Waals surface area contributed by atoms with Crippen LogP contribution in [0.1, 0.15) is 25.3 Å². The predicted octanol–water partition coefficient (Wildman–Crippen LogP) is 2.18. The number of benzene rings is 1. The van der Waals surface area contributed by atoms with E-state index in [0.29, 0.717) is 6.04 Å². The summed E-state index contributed by atoms with van der Waals surface area (Å²) in [5, 5.41) is 0. The first-order chi connectivity index (χ1) is 7.27. The minimum absolute atomic E-state index is 0.336. The van der Waals surface area contributed by atoms with Crippen molar-refractivity contribution in [1.29, 1.82) is 0 Å². The van der Waals surface area contributed by atoms with E-state index >= 15 is 0 Å². The van der Waals surface area contributed by atoms with E-state index in [1.54, 1.807) is 0 Å². The highest BCUT2D eigenvalue weighted by Gasteiger charge is 2.17. The Hall–Kier alpha value is -1.02. The second-order valence-corrected chi connectivity index (χ2v) is 4.49.